The average Bonchev–Trinajstić information content (AvgIpc) is 2.85. The van der Waals surface area contributed by atoms with Crippen LogP contribution in [-0.2, 0) is 4.74 Å². The molecule has 8 nitrogen and oxygen atoms in total. The zero-order valence-electron chi connectivity index (χ0n) is 20.1. The van der Waals surface area contributed by atoms with E-state index in [2.05, 4.69) is 20.9 Å². The first-order valence-corrected chi connectivity index (χ1v) is 12.0. The molecule has 1 atom stereocenters. The minimum Gasteiger partial charge on any atom is -0.462 e. The van der Waals surface area contributed by atoms with Gasteiger partial charge in [-0.05, 0) is 82.0 Å². The second kappa shape index (κ2) is 12.1. The number of rotatable bonds is 8. The predicted molar refractivity (Wildman–Crippen MR) is 135 cm³/mol. The highest BCUT2D eigenvalue weighted by Crippen LogP contribution is 2.27. The molecule has 1 heterocycles. The van der Waals surface area contributed by atoms with Crippen LogP contribution in [0.4, 0.5) is 21.9 Å². The molecule has 1 aliphatic heterocycles. The lowest BCUT2D eigenvalue weighted by Gasteiger charge is -2.31. The highest BCUT2D eigenvalue weighted by molar-refractivity contribution is 6.04. The number of hydrogen-bond acceptors (Lipinski definition) is 5. The van der Waals surface area contributed by atoms with Crippen LogP contribution in [0.5, 0.6) is 0 Å². The Hall–Kier alpha value is -3.55. The zero-order valence-corrected chi connectivity index (χ0v) is 20.1. The lowest BCUT2D eigenvalue weighted by molar-refractivity contribution is 0.0526. The number of piperidine rings is 1. The number of benzene rings is 2. The topological polar surface area (TPSA) is 99.8 Å². The van der Waals surface area contributed by atoms with Crippen LogP contribution in [0.25, 0.3) is 0 Å². The molecule has 1 saturated heterocycles. The maximum atomic E-state index is 13.0. The second-order valence-corrected chi connectivity index (χ2v) is 8.44. The first-order chi connectivity index (χ1) is 16.4. The molecule has 8 heteroatoms. The van der Waals surface area contributed by atoms with E-state index in [1.165, 1.54) is 6.42 Å². The molecule has 0 aliphatic carbocycles. The van der Waals surface area contributed by atoms with Gasteiger partial charge in [0.15, 0.2) is 0 Å². The number of urea groups is 1. The van der Waals surface area contributed by atoms with Crippen molar-refractivity contribution in [1.29, 1.82) is 0 Å². The predicted octanol–water partition coefficient (Wildman–Crippen LogP) is 5.03. The van der Waals surface area contributed by atoms with Crippen molar-refractivity contribution in [3.05, 3.63) is 53.6 Å². The Balaban J connectivity index is 1.73. The van der Waals surface area contributed by atoms with Crippen LogP contribution in [0.3, 0.4) is 0 Å². The molecule has 1 fully saturated rings. The number of ether oxygens (including phenoxy) is 1. The second-order valence-electron chi connectivity index (χ2n) is 8.44. The molecule has 2 aromatic carbocycles. The zero-order chi connectivity index (χ0) is 24.5. The number of carbonyl (C=O) groups excluding carboxylic acids is 3. The van der Waals surface area contributed by atoms with Crippen molar-refractivity contribution < 1.29 is 19.1 Å². The molecule has 0 aromatic heterocycles. The Bertz CT molecular complexity index is 1000. The van der Waals surface area contributed by atoms with Crippen LogP contribution < -0.4 is 20.9 Å². The lowest BCUT2D eigenvalue weighted by atomic mass is 10.1. The fraction of sp³-hybridized carbons (Fsp3) is 0.423. The van der Waals surface area contributed by atoms with Crippen LogP contribution in [-0.4, -0.2) is 43.6 Å². The van der Waals surface area contributed by atoms with Crippen LogP contribution >= 0.6 is 0 Å². The Morgan fingerprint density at radius 1 is 0.941 bits per heavy atom. The quantitative estimate of drug-likeness (QED) is 0.474. The third-order valence-corrected chi connectivity index (χ3v) is 5.84. The Kier molecular flexibility index (Phi) is 8.90. The molecule has 0 bridgehead atoms. The van der Waals surface area contributed by atoms with Crippen molar-refractivity contribution in [3.8, 4) is 0 Å². The minimum atomic E-state index is -0.442. The molecule has 1 aliphatic rings. The highest BCUT2D eigenvalue weighted by atomic mass is 16.5. The van der Waals surface area contributed by atoms with Crippen molar-refractivity contribution in [2.75, 3.05) is 35.2 Å². The molecule has 34 heavy (non-hydrogen) atoms. The monoisotopic (exact) mass is 466 g/mol. The van der Waals surface area contributed by atoms with Crippen molar-refractivity contribution in [3.63, 3.8) is 0 Å². The van der Waals surface area contributed by atoms with Gasteiger partial charge in [0, 0.05) is 36.2 Å². The van der Waals surface area contributed by atoms with Gasteiger partial charge in [-0.15, -0.1) is 0 Å². The Morgan fingerprint density at radius 3 is 2.24 bits per heavy atom. The Morgan fingerprint density at radius 2 is 1.59 bits per heavy atom. The molecule has 3 amide bonds. The summed E-state index contributed by atoms with van der Waals surface area (Å²) >= 11 is 0. The van der Waals surface area contributed by atoms with Gasteiger partial charge < -0.3 is 25.6 Å². The number of hydrogen-bond donors (Lipinski definition) is 3. The van der Waals surface area contributed by atoms with E-state index in [0.717, 1.165) is 38.0 Å². The van der Waals surface area contributed by atoms with Gasteiger partial charge in [0.25, 0.3) is 5.91 Å². The summed E-state index contributed by atoms with van der Waals surface area (Å²) in [6.07, 6.45) is 4.24. The van der Waals surface area contributed by atoms with Gasteiger partial charge in [-0.3, -0.25) is 4.79 Å². The van der Waals surface area contributed by atoms with Crippen LogP contribution in [0.2, 0.25) is 0 Å². The molecule has 3 rings (SSSR count). The van der Waals surface area contributed by atoms with E-state index in [9.17, 15) is 14.4 Å². The summed E-state index contributed by atoms with van der Waals surface area (Å²) in [5, 5.41) is 8.58. The van der Waals surface area contributed by atoms with E-state index in [4.69, 9.17) is 4.74 Å². The molecule has 1 unspecified atom stereocenters. The molecular formula is C26H34N4O4. The lowest BCUT2D eigenvalue weighted by Crippen LogP contribution is -2.35. The SMILES string of the molecule is CCOC(=O)c1ccc(NC(=O)Nc2ccc(N3CCCCC3)c(C(=O)NC(C)CC)c2)cc1. The number of nitrogens with zero attached hydrogens (tertiary/aromatic N) is 1. The molecular weight excluding hydrogens is 432 g/mol. The number of esters is 1. The van der Waals surface area contributed by atoms with Crippen LogP contribution in [0, 0.1) is 0 Å². The van der Waals surface area contributed by atoms with Gasteiger partial charge in [0.05, 0.1) is 17.7 Å². The van der Waals surface area contributed by atoms with E-state index in [1.807, 2.05) is 26.0 Å². The summed E-state index contributed by atoms with van der Waals surface area (Å²) in [4.78, 5) is 39.6. The van der Waals surface area contributed by atoms with Gasteiger partial charge in [0.2, 0.25) is 0 Å². The summed E-state index contributed by atoms with van der Waals surface area (Å²) in [6.45, 7) is 7.88. The third-order valence-electron chi connectivity index (χ3n) is 5.84. The van der Waals surface area contributed by atoms with Crippen LogP contribution in [0.15, 0.2) is 42.5 Å². The molecule has 0 spiro atoms. The smallest absolute Gasteiger partial charge is 0.338 e. The molecule has 0 radical (unpaired) electrons. The summed E-state index contributed by atoms with van der Waals surface area (Å²) in [5.41, 5.74) is 2.92. The molecule has 182 valence electrons. The number of anilines is 3. The van der Waals surface area contributed by atoms with E-state index in [-0.39, 0.29) is 11.9 Å². The van der Waals surface area contributed by atoms with Gasteiger partial charge in [-0.1, -0.05) is 6.92 Å². The number of carbonyl (C=O) groups is 3. The van der Waals surface area contributed by atoms with Gasteiger partial charge in [-0.2, -0.15) is 0 Å². The number of amides is 3. The van der Waals surface area contributed by atoms with Gasteiger partial charge in [-0.25, -0.2) is 9.59 Å². The third kappa shape index (κ3) is 6.73. The summed E-state index contributed by atoms with van der Waals surface area (Å²) < 4.78 is 4.97. The molecule has 3 N–H and O–H groups in total. The van der Waals surface area contributed by atoms with Crippen LogP contribution in [0.1, 0.15) is 67.2 Å². The molecule has 2 aromatic rings. The van der Waals surface area contributed by atoms with E-state index >= 15 is 0 Å². The largest absolute Gasteiger partial charge is 0.462 e. The fourth-order valence-corrected chi connectivity index (χ4v) is 3.81. The Labute approximate surface area is 201 Å². The highest BCUT2D eigenvalue weighted by Gasteiger charge is 2.20. The summed E-state index contributed by atoms with van der Waals surface area (Å²) in [7, 11) is 0. The van der Waals surface area contributed by atoms with E-state index in [1.54, 1.807) is 37.3 Å². The van der Waals surface area contributed by atoms with Gasteiger partial charge >= 0.3 is 12.0 Å². The molecule has 0 saturated carbocycles. The average molecular weight is 467 g/mol. The maximum Gasteiger partial charge on any atom is 0.338 e. The van der Waals surface area contributed by atoms with Crippen molar-refractivity contribution in [2.45, 2.75) is 52.5 Å². The van der Waals surface area contributed by atoms with Crippen molar-refractivity contribution >= 4 is 35.0 Å². The van der Waals surface area contributed by atoms with Gasteiger partial charge in [0.1, 0.15) is 0 Å². The van der Waals surface area contributed by atoms with E-state index < -0.39 is 12.0 Å². The maximum absolute atomic E-state index is 13.0. The first-order valence-electron chi connectivity index (χ1n) is 12.0. The van der Waals surface area contributed by atoms with E-state index in [0.29, 0.717) is 29.1 Å². The van der Waals surface area contributed by atoms with Crippen molar-refractivity contribution in [2.24, 2.45) is 0 Å². The first kappa shape index (κ1) is 25.1. The normalized spacial score (nSPS) is 14.1. The fourth-order valence-electron chi connectivity index (χ4n) is 3.81. The number of nitrogens with one attached hydrogen (secondary N) is 3. The van der Waals surface area contributed by atoms with Crippen molar-refractivity contribution in [1.82, 2.24) is 5.32 Å². The standard InChI is InChI=1S/C26H34N4O4/c1-4-18(3)27-24(31)22-17-21(13-14-23(22)30-15-7-6-8-16-30)29-26(33)28-20-11-9-19(10-12-20)25(32)34-5-2/h9-14,17-18H,4-8,15-16H2,1-3H3,(H,27,31)(H2,28,29,33). The summed E-state index contributed by atoms with van der Waals surface area (Å²) in [5.74, 6) is -0.552. The summed E-state index contributed by atoms with van der Waals surface area (Å²) in [6, 6.07) is 11.5. The minimum absolute atomic E-state index is 0.0548.